The zero-order chi connectivity index (χ0) is 34.8. The molecule has 0 unspecified atom stereocenters. The second kappa shape index (κ2) is 14.5. The van der Waals surface area contributed by atoms with Crippen molar-refractivity contribution >= 4 is 51.0 Å². The first kappa shape index (κ1) is 35.7. The van der Waals surface area contributed by atoms with E-state index in [0.717, 1.165) is 31.2 Å². The van der Waals surface area contributed by atoms with Crippen LogP contribution in [0.2, 0.25) is 10.0 Å². The highest BCUT2D eigenvalue weighted by molar-refractivity contribution is 7.88. The first-order valence-electron chi connectivity index (χ1n) is 15.5. The van der Waals surface area contributed by atoms with Crippen molar-refractivity contribution in [3.05, 3.63) is 105 Å². The van der Waals surface area contributed by atoms with Crippen molar-refractivity contribution in [1.82, 2.24) is 14.9 Å². The fourth-order valence-electron chi connectivity index (χ4n) is 6.85. The zero-order valence-electron chi connectivity index (χ0n) is 26.0. The van der Waals surface area contributed by atoms with Crippen LogP contribution in [0.5, 0.6) is 0 Å². The number of sulfonamides is 1. The van der Waals surface area contributed by atoms with Crippen molar-refractivity contribution in [3.63, 3.8) is 0 Å². The van der Waals surface area contributed by atoms with E-state index in [2.05, 4.69) is 10.0 Å². The van der Waals surface area contributed by atoms with Crippen LogP contribution in [0, 0.1) is 0 Å². The number of carbonyl (C=O) groups excluding carboxylic acids is 2. The molecule has 1 aliphatic heterocycles. The Morgan fingerprint density at radius 2 is 1.73 bits per heavy atom. The Kier molecular flexibility index (Phi) is 10.8. The van der Waals surface area contributed by atoms with Gasteiger partial charge in [0.15, 0.2) is 0 Å². The van der Waals surface area contributed by atoms with Crippen LogP contribution in [0.3, 0.4) is 0 Å². The lowest BCUT2D eigenvalue weighted by Gasteiger charge is -2.49. The number of benzene rings is 3. The van der Waals surface area contributed by atoms with Crippen molar-refractivity contribution in [2.45, 2.75) is 68.5 Å². The number of carboxylic acid groups (broad SMARTS) is 1. The molecule has 3 aromatic carbocycles. The van der Waals surface area contributed by atoms with Crippen molar-refractivity contribution in [2.24, 2.45) is 0 Å². The topological polar surface area (TPSA) is 133 Å². The van der Waals surface area contributed by atoms with Gasteiger partial charge in [0, 0.05) is 52.1 Å². The number of hydrogen-bond donors (Lipinski definition) is 3. The predicted octanol–water partition coefficient (Wildman–Crippen LogP) is 6.06. The second-order valence-corrected chi connectivity index (χ2v) is 14.9. The summed E-state index contributed by atoms with van der Waals surface area (Å²) in [6, 6.07) is 15.1. The highest BCUT2D eigenvalue weighted by Crippen LogP contribution is 2.49. The van der Waals surface area contributed by atoms with Gasteiger partial charge in [-0.3, -0.25) is 9.59 Å². The van der Waals surface area contributed by atoms with E-state index in [0.29, 0.717) is 40.1 Å². The van der Waals surface area contributed by atoms with Crippen LogP contribution >= 0.6 is 23.2 Å². The summed E-state index contributed by atoms with van der Waals surface area (Å²) < 4.78 is 55.7. The number of hydrogen-bond acceptors (Lipinski definition) is 5. The van der Waals surface area contributed by atoms with Gasteiger partial charge < -0.3 is 15.3 Å². The van der Waals surface area contributed by atoms with E-state index >= 15 is 0 Å². The highest BCUT2D eigenvalue weighted by atomic mass is 35.5. The number of fused-ring (bicyclic) bond motifs is 1. The minimum atomic E-state index is -4.05. The van der Waals surface area contributed by atoms with Gasteiger partial charge in [0.1, 0.15) is 0 Å². The molecule has 4 atom stereocenters. The van der Waals surface area contributed by atoms with Gasteiger partial charge in [0.2, 0.25) is 15.9 Å². The van der Waals surface area contributed by atoms with E-state index in [9.17, 15) is 31.6 Å². The fourth-order valence-corrected chi connectivity index (χ4v) is 8.20. The number of carbonyl (C=O) groups is 3. The van der Waals surface area contributed by atoms with E-state index in [1.807, 2.05) is 0 Å². The molecule has 1 heterocycles. The van der Waals surface area contributed by atoms with Gasteiger partial charge in [0.05, 0.1) is 12.3 Å². The summed E-state index contributed by atoms with van der Waals surface area (Å²) >= 11 is 13.0. The number of amides is 2. The number of aliphatic carboxylic acids is 1. The minimum absolute atomic E-state index is 0.0767. The molecule has 0 radical (unpaired) electrons. The third kappa shape index (κ3) is 7.83. The summed E-state index contributed by atoms with van der Waals surface area (Å²) in [6.45, 7) is 0.0767. The molecule has 0 saturated heterocycles. The molecule has 0 aromatic heterocycles. The number of rotatable bonds is 11. The molecule has 3 aromatic rings. The maximum absolute atomic E-state index is 14.4. The Bertz CT molecular complexity index is 1830. The molecule has 1 fully saturated rings. The van der Waals surface area contributed by atoms with Crippen LogP contribution in [0.4, 0.5) is 8.78 Å². The monoisotopic (exact) mass is 721 g/mol. The quantitative estimate of drug-likeness (QED) is 0.221. The standard InChI is InChI=1S/C34H35Cl2F2N3O6S/c1-48(46,47)40-28-11-4-5-12-29(28)41-31(25-14-13-22(35)18-27(25)36)26(23-9-2-3-10-24(23)32(41)43)19-30(42)39-16-15-20-7-6-8-21(17-20)34(37,38)33(44)45/h2-3,6-10,13-14,17-18,26,28-29,31,40H,4-5,11-12,15-16,19H2,1H3,(H,39,42)(H,44,45)/t26-,28+,29+,31+/m1/s1. The lowest BCUT2D eigenvalue weighted by atomic mass is 9.75. The third-order valence-corrected chi connectivity index (χ3v) is 10.2. The van der Waals surface area contributed by atoms with Crippen molar-refractivity contribution < 1.29 is 36.7 Å². The molecule has 14 heteroatoms. The smallest absolute Gasteiger partial charge is 0.379 e. The number of alkyl halides is 2. The Balaban J connectivity index is 1.47. The summed E-state index contributed by atoms with van der Waals surface area (Å²) in [6.07, 6.45) is 3.76. The first-order chi connectivity index (χ1) is 22.7. The predicted molar refractivity (Wildman–Crippen MR) is 178 cm³/mol. The summed E-state index contributed by atoms with van der Waals surface area (Å²) in [5.74, 6) is -7.58. The molecule has 1 aliphatic carbocycles. The van der Waals surface area contributed by atoms with Gasteiger partial charge in [-0.2, -0.15) is 8.78 Å². The number of nitrogens with zero attached hydrogens (tertiary/aromatic N) is 1. The molecule has 256 valence electrons. The summed E-state index contributed by atoms with van der Waals surface area (Å²) in [7, 11) is -3.62. The van der Waals surface area contributed by atoms with Crippen molar-refractivity contribution in [3.8, 4) is 0 Å². The molecular formula is C34H35Cl2F2N3O6S. The maximum Gasteiger partial charge on any atom is 0.379 e. The summed E-state index contributed by atoms with van der Waals surface area (Å²) in [5, 5.41) is 12.4. The minimum Gasteiger partial charge on any atom is -0.477 e. The number of nitrogens with one attached hydrogen (secondary N) is 2. The maximum atomic E-state index is 14.4. The van der Waals surface area contributed by atoms with E-state index in [4.69, 9.17) is 28.3 Å². The van der Waals surface area contributed by atoms with Crippen LogP contribution in [0.1, 0.15) is 76.7 Å². The third-order valence-electron chi connectivity index (χ3n) is 8.94. The van der Waals surface area contributed by atoms with Crippen LogP contribution in [0.25, 0.3) is 0 Å². The average molecular weight is 723 g/mol. The van der Waals surface area contributed by atoms with Gasteiger partial charge >= 0.3 is 11.9 Å². The number of carboxylic acids is 1. The molecule has 0 bridgehead atoms. The highest BCUT2D eigenvalue weighted by Gasteiger charge is 2.47. The molecule has 2 aliphatic rings. The molecule has 2 amide bonds. The summed E-state index contributed by atoms with van der Waals surface area (Å²) in [4.78, 5) is 40.7. The average Bonchev–Trinajstić information content (AvgIpc) is 3.02. The molecule has 1 saturated carbocycles. The first-order valence-corrected chi connectivity index (χ1v) is 18.1. The van der Waals surface area contributed by atoms with Gasteiger partial charge in [-0.25, -0.2) is 17.9 Å². The van der Waals surface area contributed by atoms with Crippen LogP contribution < -0.4 is 10.0 Å². The lowest BCUT2D eigenvalue weighted by Crippen LogP contribution is -2.58. The Morgan fingerprint density at radius 3 is 2.44 bits per heavy atom. The normalized spacial score (nSPS) is 21.4. The Labute approximate surface area is 287 Å². The van der Waals surface area contributed by atoms with E-state index in [1.54, 1.807) is 53.4 Å². The van der Waals surface area contributed by atoms with Crippen molar-refractivity contribution in [1.29, 1.82) is 0 Å². The van der Waals surface area contributed by atoms with Gasteiger partial charge in [-0.1, -0.05) is 78.5 Å². The SMILES string of the molecule is CS(=O)(=O)N[C@H]1CCCC[C@@H]1N1C(=O)c2ccccc2[C@@H](CC(=O)NCCc2cccc(C(F)(F)C(=O)O)c2)[C@@H]1c1ccc(Cl)cc1Cl. The van der Waals surface area contributed by atoms with Crippen molar-refractivity contribution in [2.75, 3.05) is 12.8 Å². The molecular weight excluding hydrogens is 687 g/mol. The van der Waals surface area contributed by atoms with Gasteiger partial charge in [-0.15, -0.1) is 0 Å². The molecule has 48 heavy (non-hydrogen) atoms. The molecule has 3 N–H and O–H groups in total. The summed E-state index contributed by atoms with van der Waals surface area (Å²) in [5.41, 5.74) is 1.35. The fraction of sp³-hybridized carbons (Fsp3) is 0.382. The van der Waals surface area contributed by atoms with Crippen LogP contribution in [0.15, 0.2) is 66.7 Å². The van der Waals surface area contributed by atoms with E-state index in [-0.39, 0.29) is 36.2 Å². The van der Waals surface area contributed by atoms with Gasteiger partial charge in [0.25, 0.3) is 5.91 Å². The zero-order valence-corrected chi connectivity index (χ0v) is 28.3. The number of halogens is 4. The van der Waals surface area contributed by atoms with E-state index < -0.39 is 51.5 Å². The van der Waals surface area contributed by atoms with Gasteiger partial charge in [-0.05, 0) is 60.2 Å². The Morgan fingerprint density at radius 1 is 1.00 bits per heavy atom. The molecule has 5 rings (SSSR count). The van der Waals surface area contributed by atoms with Crippen LogP contribution in [-0.4, -0.2) is 61.1 Å². The molecule has 0 spiro atoms. The van der Waals surface area contributed by atoms with E-state index in [1.165, 1.54) is 6.07 Å². The lowest BCUT2D eigenvalue weighted by molar-refractivity contribution is -0.166. The molecule has 9 nitrogen and oxygen atoms in total. The largest absolute Gasteiger partial charge is 0.477 e. The Hall–Kier alpha value is -3.58. The van der Waals surface area contributed by atoms with Crippen LogP contribution in [-0.2, 0) is 32.0 Å². The second-order valence-electron chi connectivity index (χ2n) is 12.2.